The summed E-state index contributed by atoms with van der Waals surface area (Å²) in [5.41, 5.74) is 5.01. The largest absolute Gasteiger partial charge is 0.326 e. The molecule has 0 saturated carbocycles. The minimum absolute atomic E-state index is 0.0794. The summed E-state index contributed by atoms with van der Waals surface area (Å²) < 4.78 is 0. The average molecular weight is 268 g/mol. The summed E-state index contributed by atoms with van der Waals surface area (Å²) in [6.45, 7) is 3.95. The molecule has 0 radical (unpaired) electrons. The highest BCUT2D eigenvalue weighted by Crippen LogP contribution is 2.26. The molecule has 20 heavy (non-hydrogen) atoms. The van der Waals surface area contributed by atoms with Gasteiger partial charge >= 0.3 is 0 Å². The molecule has 5 nitrogen and oxygen atoms in total. The maximum absolute atomic E-state index is 11.3. The number of nitrogens with one attached hydrogen (secondary N) is 2. The molecule has 0 spiro atoms. The number of aromatic nitrogens is 2. The van der Waals surface area contributed by atoms with Crippen molar-refractivity contribution in [2.24, 2.45) is 0 Å². The van der Waals surface area contributed by atoms with Crippen LogP contribution in [0.5, 0.6) is 0 Å². The molecule has 0 bridgehead atoms. The van der Waals surface area contributed by atoms with Crippen LogP contribution in [-0.4, -0.2) is 15.9 Å². The fourth-order valence-corrected chi connectivity index (χ4v) is 2.18. The monoisotopic (exact) mass is 268 g/mol. The molecule has 0 atom stereocenters. The Kier molecular flexibility index (Phi) is 3.10. The van der Waals surface area contributed by atoms with Crippen molar-refractivity contribution in [1.29, 1.82) is 0 Å². The van der Waals surface area contributed by atoms with E-state index in [1.165, 1.54) is 0 Å². The number of benzene rings is 1. The minimum atomic E-state index is 0.0794. The van der Waals surface area contributed by atoms with Crippen LogP contribution in [-0.2, 0) is 11.2 Å². The first kappa shape index (κ1) is 12.6. The summed E-state index contributed by atoms with van der Waals surface area (Å²) in [4.78, 5) is 20.0. The van der Waals surface area contributed by atoms with Crippen molar-refractivity contribution in [3.8, 4) is 0 Å². The SMILES string of the molecule is Cc1cnc(Nc2ccc3c(c2)CCC(=O)N3)nc1C. The Balaban J connectivity index is 1.84. The maximum Gasteiger partial charge on any atom is 0.227 e. The van der Waals surface area contributed by atoms with Crippen molar-refractivity contribution in [3.05, 3.63) is 41.2 Å². The number of carbonyl (C=O) groups excluding carboxylic acids is 1. The van der Waals surface area contributed by atoms with Crippen molar-refractivity contribution >= 4 is 23.2 Å². The molecule has 1 amide bonds. The topological polar surface area (TPSA) is 66.9 Å². The average Bonchev–Trinajstić information content (AvgIpc) is 2.43. The van der Waals surface area contributed by atoms with Crippen LogP contribution in [0.2, 0.25) is 0 Å². The van der Waals surface area contributed by atoms with Gasteiger partial charge in [-0.2, -0.15) is 0 Å². The Morgan fingerprint density at radius 2 is 2.10 bits per heavy atom. The molecular formula is C15H16N4O. The van der Waals surface area contributed by atoms with Gasteiger partial charge in [-0.25, -0.2) is 9.97 Å². The molecule has 102 valence electrons. The van der Waals surface area contributed by atoms with Gasteiger partial charge in [0.05, 0.1) is 0 Å². The summed E-state index contributed by atoms with van der Waals surface area (Å²) >= 11 is 0. The predicted octanol–water partition coefficient (Wildman–Crippen LogP) is 2.72. The fourth-order valence-electron chi connectivity index (χ4n) is 2.18. The second-order valence-corrected chi connectivity index (χ2v) is 5.01. The van der Waals surface area contributed by atoms with E-state index in [9.17, 15) is 4.79 Å². The summed E-state index contributed by atoms with van der Waals surface area (Å²) in [5.74, 6) is 0.670. The van der Waals surface area contributed by atoms with Crippen LogP contribution in [0.1, 0.15) is 23.2 Å². The lowest BCUT2D eigenvalue weighted by atomic mass is 10.0. The van der Waals surface area contributed by atoms with Crippen LogP contribution in [0.3, 0.4) is 0 Å². The van der Waals surface area contributed by atoms with E-state index >= 15 is 0 Å². The third kappa shape index (κ3) is 2.47. The summed E-state index contributed by atoms with van der Waals surface area (Å²) in [6.07, 6.45) is 3.12. The lowest BCUT2D eigenvalue weighted by Gasteiger charge is -2.17. The van der Waals surface area contributed by atoms with Crippen molar-refractivity contribution in [3.63, 3.8) is 0 Å². The molecule has 1 aromatic heterocycles. The van der Waals surface area contributed by atoms with Crippen molar-refractivity contribution in [2.45, 2.75) is 26.7 Å². The van der Waals surface area contributed by atoms with Gasteiger partial charge in [0.1, 0.15) is 0 Å². The third-order valence-corrected chi connectivity index (χ3v) is 3.48. The van der Waals surface area contributed by atoms with Gasteiger partial charge in [0.2, 0.25) is 11.9 Å². The number of fused-ring (bicyclic) bond motifs is 1. The summed E-state index contributed by atoms with van der Waals surface area (Å²) in [7, 11) is 0. The van der Waals surface area contributed by atoms with Gasteiger partial charge in [0.15, 0.2) is 0 Å². The lowest BCUT2D eigenvalue weighted by Crippen LogP contribution is -2.18. The molecule has 0 fully saturated rings. The van der Waals surface area contributed by atoms with Crippen LogP contribution in [0.25, 0.3) is 0 Å². The quantitative estimate of drug-likeness (QED) is 0.878. The number of hydrogen-bond acceptors (Lipinski definition) is 4. The van der Waals surface area contributed by atoms with Crippen LogP contribution in [0.15, 0.2) is 24.4 Å². The highest BCUT2D eigenvalue weighted by atomic mass is 16.1. The summed E-state index contributed by atoms with van der Waals surface area (Å²) in [6, 6.07) is 5.87. The number of rotatable bonds is 2. The Morgan fingerprint density at radius 3 is 2.90 bits per heavy atom. The fraction of sp³-hybridized carbons (Fsp3) is 0.267. The Bertz CT molecular complexity index is 682. The predicted molar refractivity (Wildman–Crippen MR) is 78.2 cm³/mol. The second kappa shape index (κ2) is 4.92. The zero-order chi connectivity index (χ0) is 14.1. The van der Waals surface area contributed by atoms with Gasteiger partial charge < -0.3 is 10.6 Å². The first-order valence-corrected chi connectivity index (χ1v) is 6.62. The van der Waals surface area contributed by atoms with E-state index in [1.807, 2.05) is 38.2 Å². The standard InChI is InChI=1S/C15H16N4O/c1-9-8-16-15(17-10(9)2)18-12-4-5-13-11(7-12)3-6-14(20)19-13/h4-5,7-8H,3,6H2,1-2H3,(H,19,20)(H,16,17,18). The second-order valence-electron chi connectivity index (χ2n) is 5.01. The van der Waals surface area contributed by atoms with Gasteiger partial charge in [-0.3, -0.25) is 4.79 Å². The molecule has 1 aliphatic rings. The van der Waals surface area contributed by atoms with Crippen molar-refractivity contribution in [1.82, 2.24) is 9.97 Å². The van der Waals surface area contributed by atoms with Gasteiger partial charge in [-0.05, 0) is 49.6 Å². The number of hydrogen-bond donors (Lipinski definition) is 2. The first-order valence-electron chi connectivity index (χ1n) is 6.62. The Hall–Kier alpha value is -2.43. The van der Waals surface area contributed by atoms with Crippen LogP contribution < -0.4 is 10.6 Å². The molecule has 0 aliphatic carbocycles. The molecular weight excluding hydrogens is 252 g/mol. The normalized spacial score (nSPS) is 13.6. The van der Waals surface area contributed by atoms with E-state index in [0.29, 0.717) is 12.4 Å². The van der Waals surface area contributed by atoms with E-state index in [0.717, 1.165) is 34.6 Å². The zero-order valence-corrected chi connectivity index (χ0v) is 11.5. The molecule has 0 unspecified atom stereocenters. The van der Waals surface area contributed by atoms with Crippen LogP contribution in [0.4, 0.5) is 17.3 Å². The molecule has 5 heteroatoms. The van der Waals surface area contributed by atoms with Crippen LogP contribution in [0, 0.1) is 13.8 Å². The lowest BCUT2D eigenvalue weighted by molar-refractivity contribution is -0.116. The van der Waals surface area contributed by atoms with Gasteiger partial charge in [0, 0.05) is 29.7 Å². The van der Waals surface area contributed by atoms with Gasteiger partial charge in [-0.1, -0.05) is 0 Å². The van der Waals surface area contributed by atoms with Crippen LogP contribution >= 0.6 is 0 Å². The zero-order valence-electron chi connectivity index (χ0n) is 11.5. The first-order chi connectivity index (χ1) is 9.61. The number of aryl methyl sites for hydroxylation is 3. The van der Waals surface area contributed by atoms with E-state index < -0.39 is 0 Å². The van der Waals surface area contributed by atoms with E-state index in [2.05, 4.69) is 20.6 Å². The molecule has 1 aromatic carbocycles. The molecule has 0 saturated heterocycles. The molecule has 3 rings (SSSR count). The van der Waals surface area contributed by atoms with Crippen molar-refractivity contribution < 1.29 is 4.79 Å². The molecule has 2 N–H and O–H groups in total. The number of carbonyl (C=O) groups is 1. The van der Waals surface area contributed by atoms with Gasteiger partial charge in [0.25, 0.3) is 0 Å². The highest BCUT2D eigenvalue weighted by Gasteiger charge is 2.14. The Labute approximate surface area is 117 Å². The Morgan fingerprint density at radius 1 is 1.25 bits per heavy atom. The smallest absolute Gasteiger partial charge is 0.227 e. The summed E-state index contributed by atoms with van der Waals surface area (Å²) in [5, 5.41) is 6.07. The molecule has 2 aromatic rings. The van der Waals surface area contributed by atoms with E-state index in [4.69, 9.17) is 0 Å². The van der Waals surface area contributed by atoms with Crippen molar-refractivity contribution in [2.75, 3.05) is 10.6 Å². The number of anilines is 3. The molecule has 1 aliphatic heterocycles. The van der Waals surface area contributed by atoms with Gasteiger partial charge in [-0.15, -0.1) is 0 Å². The number of amides is 1. The van der Waals surface area contributed by atoms with E-state index in [-0.39, 0.29) is 5.91 Å². The minimum Gasteiger partial charge on any atom is -0.326 e. The maximum atomic E-state index is 11.3. The third-order valence-electron chi connectivity index (χ3n) is 3.48. The highest BCUT2D eigenvalue weighted by molar-refractivity contribution is 5.94. The van der Waals surface area contributed by atoms with E-state index in [1.54, 1.807) is 0 Å². The number of nitrogens with zero attached hydrogens (tertiary/aromatic N) is 2. The molecule has 2 heterocycles.